The van der Waals surface area contributed by atoms with Crippen molar-refractivity contribution in [3.05, 3.63) is 40.6 Å². The van der Waals surface area contributed by atoms with Gasteiger partial charge in [-0.05, 0) is 25.1 Å². The molecule has 3 heterocycles. The molecule has 0 saturated carbocycles. The predicted octanol–water partition coefficient (Wildman–Crippen LogP) is -1.08. The summed E-state index contributed by atoms with van der Waals surface area (Å²) in [7, 11) is 2.79. The van der Waals surface area contributed by atoms with Gasteiger partial charge in [0, 0.05) is 17.7 Å². The second kappa shape index (κ2) is 13.0. The Morgan fingerprint density at radius 2 is 1.53 bits per heavy atom. The van der Waals surface area contributed by atoms with Crippen LogP contribution in [0.15, 0.2) is 39.5 Å². The number of phenols is 2. The Morgan fingerprint density at radius 3 is 2.20 bits per heavy atom. The Labute approximate surface area is 254 Å². The number of aliphatic hydroxyl groups is 6. The van der Waals surface area contributed by atoms with E-state index in [9.17, 15) is 45.6 Å². The second-order valence-electron chi connectivity index (χ2n) is 10.6. The third-order valence-corrected chi connectivity index (χ3v) is 7.72. The van der Waals surface area contributed by atoms with Crippen molar-refractivity contribution in [2.24, 2.45) is 0 Å². The van der Waals surface area contributed by atoms with Crippen LogP contribution >= 0.6 is 0 Å². The van der Waals surface area contributed by atoms with Crippen LogP contribution in [-0.4, -0.2) is 123 Å². The van der Waals surface area contributed by atoms with Crippen LogP contribution < -0.4 is 19.6 Å². The fourth-order valence-corrected chi connectivity index (χ4v) is 5.24. The number of fused-ring (bicyclic) bond motifs is 1. The molecule has 10 unspecified atom stereocenters. The molecule has 45 heavy (non-hydrogen) atoms. The maximum atomic E-state index is 13.9. The minimum atomic E-state index is -1.88. The molecule has 1 aromatic heterocycles. The van der Waals surface area contributed by atoms with E-state index in [-0.39, 0.29) is 22.7 Å². The molecule has 0 radical (unpaired) electrons. The molecule has 2 aromatic carbocycles. The zero-order valence-corrected chi connectivity index (χ0v) is 24.2. The van der Waals surface area contributed by atoms with Crippen molar-refractivity contribution in [2.75, 3.05) is 20.8 Å². The molecule has 0 spiro atoms. The Balaban J connectivity index is 1.63. The molecular weight excluding hydrogens is 604 g/mol. The number of rotatable bonds is 8. The van der Waals surface area contributed by atoms with Crippen LogP contribution in [-0.2, 0) is 14.2 Å². The van der Waals surface area contributed by atoms with E-state index in [1.54, 1.807) is 0 Å². The summed E-state index contributed by atoms with van der Waals surface area (Å²) in [5, 5.41) is 82.5. The molecule has 2 fully saturated rings. The minimum Gasteiger partial charge on any atom is -0.508 e. The zero-order chi connectivity index (χ0) is 32.7. The lowest BCUT2D eigenvalue weighted by molar-refractivity contribution is -0.354. The Kier molecular flexibility index (Phi) is 9.41. The fraction of sp³-hybridized carbons (Fsp3) is 0.483. The average Bonchev–Trinajstić information content (AvgIpc) is 3.02. The first-order chi connectivity index (χ1) is 21.4. The molecule has 2 aliphatic rings. The van der Waals surface area contributed by atoms with E-state index in [1.807, 2.05) is 0 Å². The highest BCUT2D eigenvalue weighted by Crippen LogP contribution is 2.40. The van der Waals surface area contributed by atoms with Crippen molar-refractivity contribution < 1.29 is 73.7 Å². The Bertz CT molecular complexity index is 1570. The first kappa shape index (κ1) is 32.7. The molecule has 0 amide bonds. The van der Waals surface area contributed by atoms with Crippen LogP contribution in [0, 0.1) is 0 Å². The molecule has 246 valence electrons. The van der Waals surface area contributed by atoms with E-state index in [0.29, 0.717) is 5.75 Å². The largest absolute Gasteiger partial charge is 0.508 e. The van der Waals surface area contributed by atoms with Gasteiger partial charge in [0.15, 0.2) is 29.7 Å². The summed E-state index contributed by atoms with van der Waals surface area (Å²) in [6.45, 7) is 0.596. The molecule has 0 bridgehead atoms. The van der Waals surface area contributed by atoms with Gasteiger partial charge in [-0.1, -0.05) is 0 Å². The number of methoxy groups -OCH3 is 2. The third kappa shape index (κ3) is 5.99. The van der Waals surface area contributed by atoms with Gasteiger partial charge in [0.25, 0.3) is 0 Å². The summed E-state index contributed by atoms with van der Waals surface area (Å²) in [6.07, 6.45) is -16.4. The number of hydrogen-bond acceptors (Lipinski definition) is 16. The molecule has 16 heteroatoms. The van der Waals surface area contributed by atoms with E-state index in [1.165, 1.54) is 39.3 Å². The molecule has 10 atom stereocenters. The Hall–Kier alpha value is -3.71. The van der Waals surface area contributed by atoms with Crippen LogP contribution in [0.3, 0.4) is 0 Å². The normalized spacial score (nSPS) is 31.9. The molecule has 2 aliphatic heterocycles. The number of phenolic OH excluding ortho intramolecular Hbond substituents is 2. The highest BCUT2D eigenvalue weighted by Gasteiger charge is 2.51. The molecular formula is C29H34O16. The fourth-order valence-electron chi connectivity index (χ4n) is 5.24. The molecule has 8 N–H and O–H groups in total. The van der Waals surface area contributed by atoms with E-state index in [2.05, 4.69) is 0 Å². The van der Waals surface area contributed by atoms with Crippen molar-refractivity contribution >= 4 is 11.0 Å². The number of benzene rings is 2. The maximum Gasteiger partial charge on any atom is 0.239 e. The quantitative estimate of drug-likeness (QED) is 0.146. The van der Waals surface area contributed by atoms with Gasteiger partial charge in [-0.2, -0.15) is 0 Å². The average molecular weight is 639 g/mol. The maximum absolute atomic E-state index is 13.9. The van der Waals surface area contributed by atoms with Gasteiger partial charge in [0.2, 0.25) is 17.5 Å². The summed E-state index contributed by atoms with van der Waals surface area (Å²) in [6, 6.07) is 6.45. The van der Waals surface area contributed by atoms with E-state index < -0.39 is 96.1 Å². The van der Waals surface area contributed by atoms with Crippen LogP contribution in [0.4, 0.5) is 0 Å². The van der Waals surface area contributed by atoms with E-state index in [4.69, 9.17) is 32.8 Å². The van der Waals surface area contributed by atoms with Gasteiger partial charge in [0.05, 0.1) is 26.9 Å². The van der Waals surface area contributed by atoms with Gasteiger partial charge >= 0.3 is 0 Å². The predicted molar refractivity (Wildman–Crippen MR) is 150 cm³/mol. The smallest absolute Gasteiger partial charge is 0.239 e. The summed E-state index contributed by atoms with van der Waals surface area (Å²) in [5.41, 5.74) is -0.992. The van der Waals surface area contributed by atoms with E-state index in [0.717, 1.165) is 12.1 Å². The van der Waals surface area contributed by atoms with Gasteiger partial charge in [-0.25, -0.2) is 0 Å². The number of aliphatic hydroxyl groups excluding tert-OH is 6. The number of aromatic hydroxyl groups is 2. The zero-order valence-electron chi connectivity index (χ0n) is 24.2. The topological polar surface area (TPSA) is 247 Å². The van der Waals surface area contributed by atoms with Crippen LogP contribution in [0.25, 0.3) is 22.3 Å². The SMILES string of the molecule is COc1ccc(-c2oc3cc(O)cc(O)c3c(=O)c2OC2OC(CO)C(O)C(O)C2OC2OC(C)C(O)C(O)C2O)cc1OC. The highest BCUT2D eigenvalue weighted by molar-refractivity contribution is 5.88. The lowest BCUT2D eigenvalue weighted by Crippen LogP contribution is -2.64. The molecule has 16 nitrogen and oxygen atoms in total. The minimum absolute atomic E-state index is 0.189. The van der Waals surface area contributed by atoms with Crippen molar-refractivity contribution in [1.82, 2.24) is 0 Å². The first-order valence-corrected chi connectivity index (χ1v) is 13.8. The van der Waals surface area contributed by atoms with Gasteiger partial charge in [-0.15, -0.1) is 0 Å². The monoisotopic (exact) mass is 638 g/mol. The van der Waals surface area contributed by atoms with Crippen molar-refractivity contribution in [2.45, 2.75) is 68.3 Å². The summed E-state index contributed by atoms with van der Waals surface area (Å²) < 4.78 is 39.5. The second-order valence-corrected chi connectivity index (χ2v) is 10.6. The summed E-state index contributed by atoms with van der Waals surface area (Å²) in [4.78, 5) is 13.9. The lowest BCUT2D eigenvalue weighted by atomic mass is 9.97. The van der Waals surface area contributed by atoms with Gasteiger partial charge in [0.1, 0.15) is 59.1 Å². The standard InChI is InChI=1S/C29H34O16/c1-10-19(33)22(36)24(38)28(41-10)45-27-23(37)20(34)17(9-30)43-29(27)44-26-21(35)18-13(32)7-12(31)8-16(18)42-25(26)11-4-5-14(39-2)15(6-11)40-3/h4-8,10,17,19-20,22-24,27-34,36-38H,9H2,1-3H3. The molecule has 2 saturated heterocycles. The highest BCUT2D eigenvalue weighted by atomic mass is 16.8. The third-order valence-electron chi connectivity index (χ3n) is 7.72. The van der Waals surface area contributed by atoms with Crippen molar-refractivity contribution in [3.8, 4) is 40.1 Å². The summed E-state index contributed by atoms with van der Waals surface area (Å²) in [5.74, 6) is -1.35. The number of ether oxygens (including phenoxy) is 6. The van der Waals surface area contributed by atoms with Crippen molar-refractivity contribution in [1.29, 1.82) is 0 Å². The molecule has 0 aliphatic carbocycles. The number of hydrogen-bond donors (Lipinski definition) is 8. The van der Waals surface area contributed by atoms with Crippen molar-refractivity contribution in [3.63, 3.8) is 0 Å². The summed E-state index contributed by atoms with van der Waals surface area (Å²) >= 11 is 0. The van der Waals surface area contributed by atoms with Crippen LogP contribution in [0.2, 0.25) is 0 Å². The van der Waals surface area contributed by atoms with Gasteiger partial charge < -0.3 is 73.7 Å². The Morgan fingerprint density at radius 1 is 0.822 bits per heavy atom. The van der Waals surface area contributed by atoms with Crippen LogP contribution in [0.5, 0.6) is 28.7 Å². The molecule has 5 rings (SSSR count). The van der Waals surface area contributed by atoms with Crippen LogP contribution in [0.1, 0.15) is 6.92 Å². The first-order valence-electron chi connectivity index (χ1n) is 13.8. The van der Waals surface area contributed by atoms with Gasteiger partial charge in [-0.3, -0.25) is 4.79 Å². The molecule has 3 aromatic rings. The lowest BCUT2D eigenvalue weighted by Gasteiger charge is -2.45. The van der Waals surface area contributed by atoms with E-state index >= 15 is 0 Å².